The Morgan fingerprint density at radius 3 is 2.93 bits per heavy atom. The third kappa shape index (κ3) is 3.96. The standard InChI is InChI=1S/C23H22N4O2/c1-16-15-27(21-6-4-3-5-18(16)21)12-10-23(28)26-25-14-17-7-8-20-19(13-17)22(29-2)9-11-24-20/h3-9,11,13-15H,10,12H2,1-2H3,(H,26,28)/b25-14+. The van der Waals surface area contributed by atoms with Gasteiger partial charge in [-0.1, -0.05) is 24.3 Å². The van der Waals surface area contributed by atoms with Crippen LogP contribution < -0.4 is 10.2 Å². The highest BCUT2D eigenvalue weighted by Crippen LogP contribution is 2.24. The van der Waals surface area contributed by atoms with Gasteiger partial charge < -0.3 is 9.30 Å². The summed E-state index contributed by atoms with van der Waals surface area (Å²) in [5, 5.41) is 6.21. The van der Waals surface area contributed by atoms with Crippen molar-refractivity contribution >= 4 is 33.9 Å². The molecule has 0 atom stereocenters. The number of pyridine rings is 1. The maximum Gasteiger partial charge on any atom is 0.241 e. The summed E-state index contributed by atoms with van der Waals surface area (Å²) in [6.45, 7) is 2.69. The lowest BCUT2D eigenvalue weighted by Crippen LogP contribution is -2.19. The molecule has 0 aliphatic rings. The molecule has 6 nitrogen and oxygen atoms in total. The number of aromatic nitrogens is 2. The largest absolute Gasteiger partial charge is 0.496 e. The molecular weight excluding hydrogens is 364 g/mol. The molecule has 0 unspecified atom stereocenters. The van der Waals surface area contributed by atoms with Crippen LogP contribution >= 0.6 is 0 Å². The highest BCUT2D eigenvalue weighted by molar-refractivity contribution is 5.92. The lowest BCUT2D eigenvalue weighted by atomic mass is 10.1. The zero-order valence-corrected chi connectivity index (χ0v) is 16.4. The first kappa shape index (κ1) is 18.7. The van der Waals surface area contributed by atoms with E-state index in [9.17, 15) is 4.79 Å². The van der Waals surface area contributed by atoms with Crippen LogP contribution in [0.4, 0.5) is 0 Å². The van der Waals surface area contributed by atoms with Crippen molar-refractivity contribution in [3.63, 3.8) is 0 Å². The minimum atomic E-state index is -0.128. The molecule has 2 aromatic heterocycles. The molecule has 4 aromatic rings. The number of amides is 1. The van der Waals surface area contributed by atoms with Crippen LogP contribution in [0, 0.1) is 6.92 Å². The highest BCUT2D eigenvalue weighted by Gasteiger charge is 2.07. The predicted molar refractivity (Wildman–Crippen MR) is 115 cm³/mol. The average molecular weight is 386 g/mol. The molecule has 0 saturated carbocycles. The molecule has 0 saturated heterocycles. The fourth-order valence-electron chi connectivity index (χ4n) is 3.47. The smallest absolute Gasteiger partial charge is 0.241 e. The fourth-order valence-corrected chi connectivity index (χ4v) is 3.47. The number of nitrogens with one attached hydrogen (secondary N) is 1. The number of ether oxygens (including phenoxy) is 1. The molecule has 4 rings (SSSR count). The van der Waals surface area contributed by atoms with Gasteiger partial charge in [0.05, 0.1) is 18.8 Å². The van der Waals surface area contributed by atoms with Crippen molar-refractivity contribution in [1.29, 1.82) is 0 Å². The van der Waals surface area contributed by atoms with Crippen molar-refractivity contribution < 1.29 is 9.53 Å². The molecular formula is C23H22N4O2. The third-order valence-corrected chi connectivity index (χ3v) is 4.92. The van der Waals surface area contributed by atoms with Gasteiger partial charge in [0.15, 0.2) is 0 Å². The second-order valence-electron chi connectivity index (χ2n) is 6.86. The van der Waals surface area contributed by atoms with E-state index in [-0.39, 0.29) is 5.91 Å². The lowest BCUT2D eigenvalue weighted by molar-refractivity contribution is -0.121. The highest BCUT2D eigenvalue weighted by atomic mass is 16.5. The van der Waals surface area contributed by atoms with Gasteiger partial charge in [0, 0.05) is 41.6 Å². The predicted octanol–water partition coefficient (Wildman–Crippen LogP) is 4.05. The van der Waals surface area contributed by atoms with E-state index in [1.807, 2.05) is 36.4 Å². The average Bonchev–Trinajstić information content (AvgIpc) is 3.07. The van der Waals surface area contributed by atoms with Crippen LogP contribution in [-0.4, -0.2) is 28.8 Å². The number of hydrazone groups is 1. The van der Waals surface area contributed by atoms with E-state index in [2.05, 4.69) is 45.3 Å². The number of hydrogen-bond donors (Lipinski definition) is 1. The van der Waals surface area contributed by atoms with Crippen molar-refractivity contribution in [1.82, 2.24) is 15.0 Å². The van der Waals surface area contributed by atoms with Gasteiger partial charge >= 0.3 is 0 Å². The summed E-state index contributed by atoms with van der Waals surface area (Å²) in [6.07, 6.45) is 5.77. The molecule has 0 spiro atoms. The van der Waals surface area contributed by atoms with E-state index in [0.717, 1.165) is 27.7 Å². The Morgan fingerprint density at radius 2 is 2.07 bits per heavy atom. The first-order valence-corrected chi connectivity index (χ1v) is 9.45. The van der Waals surface area contributed by atoms with Gasteiger partial charge in [-0.2, -0.15) is 5.10 Å². The van der Waals surface area contributed by atoms with E-state index in [1.54, 1.807) is 19.5 Å². The minimum absolute atomic E-state index is 0.128. The molecule has 2 heterocycles. The van der Waals surface area contributed by atoms with E-state index < -0.39 is 0 Å². The molecule has 1 amide bonds. The Bertz CT molecular complexity index is 1210. The Morgan fingerprint density at radius 1 is 1.21 bits per heavy atom. The zero-order chi connectivity index (χ0) is 20.2. The van der Waals surface area contributed by atoms with Gasteiger partial charge in [0.1, 0.15) is 5.75 Å². The van der Waals surface area contributed by atoms with Crippen molar-refractivity contribution in [3.8, 4) is 5.75 Å². The summed E-state index contributed by atoms with van der Waals surface area (Å²) in [4.78, 5) is 16.5. The van der Waals surface area contributed by atoms with Crippen LogP contribution in [0.2, 0.25) is 0 Å². The van der Waals surface area contributed by atoms with E-state index in [0.29, 0.717) is 13.0 Å². The van der Waals surface area contributed by atoms with E-state index in [4.69, 9.17) is 4.74 Å². The summed E-state index contributed by atoms with van der Waals surface area (Å²) in [7, 11) is 1.63. The second-order valence-corrected chi connectivity index (χ2v) is 6.86. The number of benzene rings is 2. The van der Waals surface area contributed by atoms with Crippen LogP contribution in [0.25, 0.3) is 21.8 Å². The topological polar surface area (TPSA) is 68.5 Å². The minimum Gasteiger partial charge on any atom is -0.496 e. The van der Waals surface area contributed by atoms with Gasteiger partial charge in [-0.05, 0) is 42.3 Å². The van der Waals surface area contributed by atoms with Crippen LogP contribution in [-0.2, 0) is 11.3 Å². The zero-order valence-electron chi connectivity index (χ0n) is 16.4. The van der Waals surface area contributed by atoms with Crippen molar-refractivity contribution in [2.75, 3.05) is 7.11 Å². The Labute approximate surface area is 168 Å². The number of aryl methyl sites for hydroxylation is 2. The molecule has 29 heavy (non-hydrogen) atoms. The van der Waals surface area contributed by atoms with Gasteiger partial charge in [-0.25, -0.2) is 5.43 Å². The Balaban J connectivity index is 1.39. The number of carbonyl (C=O) groups excluding carboxylic acids is 1. The van der Waals surface area contributed by atoms with E-state index >= 15 is 0 Å². The van der Waals surface area contributed by atoms with Crippen LogP contribution in [0.15, 0.2) is 66.0 Å². The van der Waals surface area contributed by atoms with Crippen LogP contribution in [0.5, 0.6) is 5.75 Å². The summed E-state index contributed by atoms with van der Waals surface area (Å²) < 4.78 is 7.48. The van der Waals surface area contributed by atoms with Crippen LogP contribution in [0.3, 0.4) is 0 Å². The summed E-state index contributed by atoms with van der Waals surface area (Å²) in [6, 6.07) is 15.8. The Kier molecular flexibility index (Phi) is 5.24. The molecule has 0 fully saturated rings. The molecule has 1 N–H and O–H groups in total. The number of rotatable bonds is 6. The number of carbonyl (C=O) groups is 1. The van der Waals surface area contributed by atoms with Crippen molar-refractivity contribution in [3.05, 3.63) is 72.1 Å². The van der Waals surface area contributed by atoms with Crippen molar-refractivity contribution in [2.45, 2.75) is 19.9 Å². The molecule has 0 bridgehead atoms. The maximum absolute atomic E-state index is 12.2. The molecule has 2 aromatic carbocycles. The SMILES string of the molecule is COc1ccnc2ccc(/C=N/NC(=O)CCn3cc(C)c4ccccc43)cc12. The normalized spacial score (nSPS) is 11.4. The molecule has 0 aliphatic heterocycles. The van der Waals surface area contributed by atoms with Gasteiger partial charge in [0.25, 0.3) is 0 Å². The second kappa shape index (κ2) is 8.14. The third-order valence-electron chi connectivity index (χ3n) is 4.92. The number of nitrogens with zero attached hydrogens (tertiary/aromatic N) is 3. The number of methoxy groups -OCH3 is 1. The molecule has 6 heteroatoms. The van der Waals surface area contributed by atoms with Crippen LogP contribution in [0.1, 0.15) is 17.5 Å². The van der Waals surface area contributed by atoms with Gasteiger partial charge in [0.2, 0.25) is 5.91 Å². The number of fused-ring (bicyclic) bond motifs is 2. The maximum atomic E-state index is 12.2. The summed E-state index contributed by atoms with van der Waals surface area (Å²) in [5.74, 6) is 0.625. The number of hydrogen-bond acceptors (Lipinski definition) is 4. The quantitative estimate of drug-likeness (QED) is 0.402. The summed E-state index contributed by atoms with van der Waals surface area (Å²) in [5.41, 5.74) is 6.66. The fraction of sp³-hybridized carbons (Fsp3) is 0.174. The molecule has 0 aliphatic carbocycles. The Hall–Kier alpha value is -3.67. The van der Waals surface area contributed by atoms with Gasteiger partial charge in [-0.3, -0.25) is 9.78 Å². The molecule has 146 valence electrons. The van der Waals surface area contributed by atoms with Crippen molar-refractivity contribution in [2.24, 2.45) is 5.10 Å². The monoisotopic (exact) mass is 386 g/mol. The first-order chi connectivity index (χ1) is 14.2. The van der Waals surface area contributed by atoms with E-state index in [1.165, 1.54) is 10.9 Å². The summed E-state index contributed by atoms with van der Waals surface area (Å²) >= 11 is 0. The lowest BCUT2D eigenvalue weighted by Gasteiger charge is -2.05. The van der Waals surface area contributed by atoms with Gasteiger partial charge in [-0.15, -0.1) is 0 Å². The first-order valence-electron chi connectivity index (χ1n) is 9.45. The molecule has 0 radical (unpaired) electrons. The number of para-hydroxylation sites is 1.